The molecule has 0 fully saturated rings. The average Bonchev–Trinajstić information content (AvgIpc) is 3.26. The molecule has 0 spiro atoms. The van der Waals surface area contributed by atoms with Gasteiger partial charge in [-0.15, -0.1) is 0 Å². The summed E-state index contributed by atoms with van der Waals surface area (Å²) in [6, 6.07) is 9.21. The topological polar surface area (TPSA) is 189 Å². The highest BCUT2D eigenvalue weighted by atomic mass is 16.4. The molecule has 38 heavy (non-hydrogen) atoms. The van der Waals surface area contributed by atoms with Crippen LogP contribution in [0, 0.1) is 32.1 Å². The molecule has 4 aromatic rings. The van der Waals surface area contributed by atoms with Crippen molar-refractivity contribution in [3.63, 3.8) is 0 Å². The molecular weight excluding hydrogens is 488 g/mol. The third-order valence-corrected chi connectivity index (χ3v) is 5.90. The van der Waals surface area contributed by atoms with E-state index in [-0.39, 0.29) is 30.2 Å². The number of carbonyl (C=O) groups excluding carboxylic acids is 2. The van der Waals surface area contributed by atoms with E-state index in [1.807, 2.05) is 19.1 Å². The molecule has 0 saturated carbocycles. The van der Waals surface area contributed by atoms with Crippen LogP contribution in [-0.2, 0) is 13.1 Å². The second-order valence-electron chi connectivity index (χ2n) is 8.79. The summed E-state index contributed by atoms with van der Waals surface area (Å²) in [6.45, 7) is 5.65. The van der Waals surface area contributed by atoms with E-state index in [4.69, 9.17) is 10.8 Å². The molecule has 0 saturated heterocycles. The van der Waals surface area contributed by atoms with Crippen LogP contribution in [0.4, 0.5) is 10.6 Å². The van der Waals surface area contributed by atoms with E-state index in [2.05, 4.69) is 31.8 Å². The third-order valence-electron chi connectivity index (χ3n) is 5.90. The van der Waals surface area contributed by atoms with Crippen LogP contribution in [-0.4, -0.2) is 42.8 Å². The Hall–Kier alpha value is -5.31. The first-order chi connectivity index (χ1) is 18.0. The van der Waals surface area contributed by atoms with Crippen molar-refractivity contribution >= 4 is 34.6 Å². The SMILES string of the molecule is Cc1cnc2c(C#N)cc(Cn3cc(C(=O)NCc4c(C)cc(NC(=O)O)nc4C)c(C(N)=O)n3)cc2c1. The summed E-state index contributed by atoms with van der Waals surface area (Å²) in [5, 5.41) is 28.4. The molecule has 4 rings (SSSR count). The molecule has 3 heterocycles. The average molecular weight is 513 g/mol. The predicted octanol–water partition coefficient (Wildman–Crippen LogP) is 2.79. The molecule has 0 aliphatic heterocycles. The summed E-state index contributed by atoms with van der Waals surface area (Å²) in [5.41, 5.74) is 9.95. The Balaban J connectivity index is 1.58. The number of pyridine rings is 2. The number of primary amides is 1. The number of carbonyl (C=O) groups is 3. The minimum atomic E-state index is -1.23. The Morgan fingerprint density at radius 2 is 1.92 bits per heavy atom. The van der Waals surface area contributed by atoms with Crippen molar-refractivity contribution in [3.8, 4) is 6.07 Å². The number of aryl methyl sites for hydroxylation is 3. The quantitative estimate of drug-likeness (QED) is 0.291. The number of aromatic nitrogens is 4. The zero-order chi connectivity index (χ0) is 27.6. The Bertz CT molecular complexity index is 1630. The van der Waals surface area contributed by atoms with E-state index >= 15 is 0 Å². The van der Waals surface area contributed by atoms with E-state index in [0.29, 0.717) is 22.3 Å². The first-order valence-corrected chi connectivity index (χ1v) is 11.5. The van der Waals surface area contributed by atoms with Crippen molar-refractivity contribution in [2.75, 3.05) is 5.32 Å². The molecule has 0 bridgehead atoms. The van der Waals surface area contributed by atoms with Crippen LogP contribution in [0.15, 0.2) is 36.7 Å². The van der Waals surface area contributed by atoms with E-state index in [1.54, 1.807) is 32.2 Å². The highest BCUT2D eigenvalue weighted by Crippen LogP contribution is 2.21. The normalized spacial score (nSPS) is 10.7. The number of amides is 3. The fraction of sp³-hybridized carbons (Fsp3) is 0.192. The highest BCUT2D eigenvalue weighted by Gasteiger charge is 2.21. The Kier molecular flexibility index (Phi) is 7.02. The molecule has 0 aliphatic rings. The lowest BCUT2D eigenvalue weighted by molar-refractivity contribution is 0.0933. The first kappa shape index (κ1) is 25.8. The summed E-state index contributed by atoms with van der Waals surface area (Å²) >= 11 is 0. The van der Waals surface area contributed by atoms with Gasteiger partial charge >= 0.3 is 6.09 Å². The van der Waals surface area contributed by atoms with Crippen LogP contribution in [0.3, 0.4) is 0 Å². The molecule has 1 aromatic carbocycles. The van der Waals surface area contributed by atoms with Crippen LogP contribution in [0.25, 0.3) is 10.9 Å². The van der Waals surface area contributed by atoms with Crippen molar-refractivity contribution in [2.45, 2.75) is 33.9 Å². The molecule has 3 aromatic heterocycles. The van der Waals surface area contributed by atoms with Crippen molar-refractivity contribution in [1.82, 2.24) is 25.1 Å². The van der Waals surface area contributed by atoms with Gasteiger partial charge in [-0.3, -0.25) is 24.6 Å². The van der Waals surface area contributed by atoms with Gasteiger partial charge in [0.1, 0.15) is 11.9 Å². The van der Waals surface area contributed by atoms with Gasteiger partial charge in [0.15, 0.2) is 5.69 Å². The summed E-state index contributed by atoms with van der Waals surface area (Å²) in [4.78, 5) is 44.5. The second-order valence-corrected chi connectivity index (χ2v) is 8.79. The summed E-state index contributed by atoms with van der Waals surface area (Å²) in [7, 11) is 0. The minimum absolute atomic E-state index is 0.00346. The molecule has 0 aliphatic carbocycles. The third kappa shape index (κ3) is 5.41. The van der Waals surface area contributed by atoms with Crippen LogP contribution in [0.1, 0.15) is 54.4 Å². The number of nitriles is 1. The number of nitrogens with two attached hydrogens (primary N) is 1. The van der Waals surface area contributed by atoms with E-state index in [0.717, 1.165) is 22.1 Å². The van der Waals surface area contributed by atoms with Gasteiger partial charge in [0.25, 0.3) is 11.8 Å². The lowest BCUT2D eigenvalue weighted by Crippen LogP contribution is -2.26. The van der Waals surface area contributed by atoms with Crippen molar-refractivity contribution < 1.29 is 19.5 Å². The number of hydrogen-bond donors (Lipinski definition) is 4. The van der Waals surface area contributed by atoms with Crippen molar-refractivity contribution in [1.29, 1.82) is 5.26 Å². The second kappa shape index (κ2) is 10.4. The number of nitrogens with one attached hydrogen (secondary N) is 2. The van der Waals surface area contributed by atoms with Crippen molar-refractivity contribution in [2.24, 2.45) is 5.73 Å². The van der Waals surface area contributed by atoms with Crippen LogP contribution in [0.2, 0.25) is 0 Å². The molecular formula is C26H24N8O4. The zero-order valence-electron chi connectivity index (χ0n) is 20.9. The number of fused-ring (bicyclic) bond motifs is 1. The Morgan fingerprint density at radius 3 is 2.58 bits per heavy atom. The van der Waals surface area contributed by atoms with Gasteiger partial charge in [0.05, 0.1) is 23.2 Å². The first-order valence-electron chi connectivity index (χ1n) is 11.5. The Morgan fingerprint density at radius 1 is 1.16 bits per heavy atom. The molecule has 192 valence electrons. The number of nitrogens with zero attached hydrogens (tertiary/aromatic N) is 5. The number of rotatable bonds is 7. The standard InChI is InChI=1S/C26H24N8O4/c1-13-4-17-6-16(7-18(8-27)22(17)29-9-13)11-34-12-20(23(33-34)24(28)35)25(36)30-10-19-14(2)5-21(31-15(19)3)32-26(37)38/h4-7,9,12H,10-11H2,1-3H3,(H2,28,35)(H,30,36)(H,31,32)(H,37,38). The molecule has 0 atom stereocenters. The van der Waals surface area contributed by atoms with Crippen LogP contribution < -0.4 is 16.4 Å². The maximum atomic E-state index is 13.0. The van der Waals surface area contributed by atoms with Crippen LogP contribution >= 0.6 is 0 Å². The molecule has 0 radical (unpaired) electrons. The maximum absolute atomic E-state index is 13.0. The van der Waals surface area contributed by atoms with Gasteiger partial charge < -0.3 is 16.2 Å². The van der Waals surface area contributed by atoms with Crippen molar-refractivity contribution in [3.05, 3.63) is 81.4 Å². The monoisotopic (exact) mass is 512 g/mol. The molecule has 3 amide bonds. The molecule has 5 N–H and O–H groups in total. The Labute approximate surface area is 217 Å². The summed E-state index contributed by atoms with van der Waals surface area (Å²) < 4.78 is 1.42. The fourth-order valence-corrected chi connectivity index (χ4v) is 4.20. The van der Waals surface area contributed by atoms with Gasteiger partial charge in [-0.2, -0.15) is 10.4 Å². The zero-order valence-corrected chi connectivity index (χ0v) is 20.9. The summed E-state index contributed by atoms with van der Waals surface area (Å²) in [5.74, 6) is -1.24. The lowest BCUT2D eigenvalue weighted by atomic mass is 10.0. The van der Waals surface area contributed by atoms with E-state index in [1.165, 1.54) is 10.9 Å². The number of benzene rings is 1. The van der Waals surface area contributed by atoms with Crippen LogP contribution in [0.5, 0.6) is 0 Å². The molecule has 0 unspecified atom stereocenters. The van der Waals surface area contributed by atoms with E-state index < -0.39 is 17.9 Å². The number of carboxylic acid groups (broad SMARTS) is 1. The molecule has 12 nitrogen and oxygen atoms in total. The van der Waals surface area contributed by atoms with Gasteiger partial charge in [-0.1, -0.05) is 0 Å². The maximum Gasteiger partial charge on any atom is 0.410 e. The minimum Gasteiger partial charge on any atom is -0.465 e. The smallest absolute Gasteiger partial charge is 0.410 e. The van der Waals surface area contributed by atoms with Gasteiger partial charge in [0.2, 0.25) is 0 Å². The van der Waals surface area contributed by atoms with E-state index in [9.17, 15) is 19.6 Å². The molecule has 12 heteroatoms. The van der Waals surface area contributed by atoms with Gasteiger partial charge in [-0.25, -0.2) is 9.78 Å². The fourth-order valence-electron chi connectivity index (χ4n) is 4.20. The largest absolute Gasteiger partial charge is 0.465 e. The highest BCUT2D eigenvalue weighted by molar-refractivity contribution is 6.05. The summed E-state index contributed by atoms with van der Waals surface area (Å²) in [6.07, 6.45) is 1.89. The van der Waals surface area contributed by atoms with Gasteiger partial charge in [-0.05, 0) is 67.3 Å². The number of hydrogen-bond acceptors (Lipinski definition) is 7. The number of anilines is 1. The van der Waals surface area contributed by atoms with Gasteiger partial charge in [0, 0.05) is 30.0 Å². The lowest BCUT2D eigenvalue weighted by Gasteiger charge is -2.12. The predicted molar refractivity (Wildman–Crippen MR) is 138 cm³/mol.